The van der Waals surface area contributed by atoms with Gasteiger partial charge in [-0.25, -0.2) is 27.7 Å². The van der Waals surface area contributed by atoms with Gasteiger partial charge in [0.1, 0.15) is 28.5 Å². The van der Waals surface area contributed by atoms with E-state index in [0.29, 0.717) is 0 Å². The van der Waals surface area contributed by atoms with Crippen molar-refractivity contribution in [1.29, 1.82) is 0 Å². The number of nitrogens with one attached hydrogen (secondary N) is 1. The van der Waals surface area contributed by atoms with Gasteiger partial charge < -0.3 is 14.8 Å². The largest absolute Gasteiger partial charge is 0.355 e. The number of hydrogen-bond donors (Lipinski definition) is 1. The Morgan fingerprint density at radius 3 is 2.68 bits per heavy atom. The maximum Gasteiger partial charge on any atom is 0.244 e. The predicted molar refractivity (Wildman–Crippen MR) is 108 cm³/mol. The molecule has 1 N–H and O–H groups in total. The van der Waals surface area contributed by atoms with Crippen molar-refractivity contribution in [3.05, 3.63) is 36.9 Å². The molecule has 0 aliphatic carbocycles. The molecule has 28 heavy (non-hydrogen) atoms. The van der Waals surface area contributed by atoms with E-state index in [0.717, 1.165) is 42.2 Å². The van der Waals surface area contributed by atoms with Crippen LogP contribution in [0.15, 0.2) is 41.8 Å². The van der Waals surface area contributed by atoms with Crippen LogP contribution in [0.2, 0.25) is 0 Å². The minimum absolute atomic E-state index is 0.193. The van der Waals surface area contributed by atoms with Gasteiger partial charge in [0.05, 0.1) is 5.39 Å². The third-order valence-electron chi connectivity index (χ3n) is 5.20. The van der Waals surface area contributed by atoms with E-state index in [1.807, 2.05) is 19.3 Å². The summed E-state index contributed by atoms with van der Waals surface area (Å²) in [6.07, 6.45) is 5.83. The molecule has 0 amide bonds. The van der Waals surface area contributed by atoms with Crippen LogP contribution in [0.25, 0.3) is 11.0 Å². The molecule has 4 heterocycles. The Labute approximate surface area is 164 Å². The summed E-state index contributed by atoms with van der Waals surface area (Å²) in [5.74, 6) is 1.68. The van der Waals surface area contributed by atoms with Gasteiger partial charge in [-0.15, -0.1) is 0 Å². The number of likely N-dealkylation sites (N-methyl/N-ethyl adjacent to an activating group) is 1. The number of aromatic nitrogens is 4. The van der Waals surface area contributed by atoms with Crippen molar-refractivity contribution in [1.82, 2.24) is 24.2 Å². The predicted octanol–water partition coefficient (Wildman–Crippen LogP) is 1.32. The van der Waals surface area contributed by atoms with Gasteiger partial charge in [-0.1, -0.05) is 0 Å². The number of pyridine rings is 1. The third kappa shape index (κ3) is 3.18. The maximum absolute atomic E-state index is 12.2. The molecule has 10 heteroatoms. The Morgan fingerprint density at radius 2 is 1.96 bits per heavy atom. The van der Waals surface area contributed by atoms with Gasteiger partial charge in [-0.3, -0.25) is 0 Å². The van der Waals surface area contributed by atoms with Gasteiger partial charge in [0.2, 0.25) is 10.0 Å². The number of aromatic amines is 1. The Balaban J connectivity index is 1.51. The SMILES string of the molecule is CN(c1ccc(S(=O)(=O)N(C)C)cn1)C1CCN(c2ncnc3[nH]ccc23)C1. The zero-order chi connectivity index (χ0) is 19.9. The summed E-state index contributed by atoms with van der Waals surface area (Å²) in [4.78, 5) is 20.8. The number of H-pyrrole nitrogens is 1. The van der Waals surface area contributed by atoms with Crippen molar-refractivity contribution >= 4 is 32.7 Å². The molecular weight excluding hydrogens is 378 g/mol. The summed E-state index contributed by atoms with van der Waals surface area (Å²) in [6, 6.07) is 5.61. The van der Waals surface area contributed by atoms with Crippen LogP contribution in [0, 0.1) is 0 Å². The molecule has 4 rings (SSSR count). The van der Waals surface area contributed by atoms with Crippen LogP contribution in [0.1, 0.15) is 6.42 Å². The molecule has 148 valence electrons. The molecule has 0 bridgehead atoms. The monoisotopic (exact) mass is 401 g/mol. The normalized spacial score (nSPS) is 17.6. The quantitative estimate of drug-likeness (QED) is 0.688. The summed E-state index contributed by atoms with van der Waals surface area (Å²) in [7, 11) is 1.54. The summed E-state index contributed by atoms with van der Waals surface area (Å²) in [6.45, 7) is 1.70. The second-order valence-electron chi connectivity index (χ2n) is 7.08. The van der Waals surface area contributed by atoms with Gasteiger partial charge in [-0.2, -0.15) is 0 Å². The molecule has 0 aromatic carbocycles. The first-order chi connectivity index (χ1) is 13.4. The molecule has 0 saturated carbocycles. The fourth-order valence-corrected chi connectivity index (χ4v) is 4.34. The fourth-order valence-electron chi connectivity index (χ4n) is 3.49. The van der Waals surface area contributed by atoms with E-state index in [1.54, 1.807) is 18.5 Å². The standard InChI is InChI=1S/C18H23N7O2S/c1-23(2)28(26,27)14-4-5-16(20-10-14)24(3)13-7-9-25(11-13)18-15-6-8-19-17(15)21-12-22-18/h4-6,8,10,12-13H,7,9,11H2,1-3H3,(H,19,21,22). The lowest BCUT2D eigenvalue weighted by Crippen LogP contribution is -2.35. The first kappa shape index (κ1) is 18.6. The first-order valence-electron chi connectivity index (χ1n) is 9.02. The second kappa shape index (κ2) is 7.02. The Hall–Kier alpha value is -2.72. The van der Waals surface area contributed by atoms with Crippen LogP contribution < -0.4 is 9.80 Å². The van der Waals surface area contributed by atoms with E-state index in [2.05, 4.69) is 29.7 Å². The van der Waals surface area contributed by atoms with Crippen molar-refractivity contribution in [3.63, 3.8) is 0 Å². The van der Waals surface area contributed by atoms with E-state index in [4.69, 9.17) is 0 Å². The summed E-state index contributed by atoms with van der Waals surface area (Å²) in [5, 5.41) is 1.02. The smallest absolute Gasteiger partial charge is 0.244 e. The second-order valence-corrected chi connectivity index (χ2v) is 9.23. The van der Waals surface area contributed by atoms with Crippen LogP contribution in [-0.2, 0) is 10.0 Å². The van der Waals surface area contributed by atoms with Gasteiger partial charge in [0, 0.05) is 52.7 Å². The Morgan fingerprint density at radius 1 is 1.14 bits per heavy atom. The summed E-state index contributed by atoms with van der Waals surface area (Å²) < 4.78 is 25.6. The molecule has 1 saturated heterocycles. The van der Waals surface area contributed by atoms with Crippen molar-refractivity contribution in [2.45, 2.75) is 17.4 Å². The molecule has 1 aliphatic heterocycles. The zero-order valence-corrected chi connectivity index (χ0v) is 16.9. The number of fused-ring (bicyclic) bond motifs is 1. The molecule has 3 aromatic rings. The number of anilines is 2. The fraction of sp³-hybridized carbons (Fsp3) is 0.389. The van der Waals surface area contributed by atoms with E-state index in [9.17, 15) is 8.42 Å². The molecular formula is C18H23N7O2S. The highest BCUT2D eigenvalue weighted by Gasteiger charge is 2.29. The highest BCUT2D eigenvalue weighted by atomic mass is 32.2. The van der Waals surface area contributed by atoms with Gasteiger partial charge in [0.25, 0.3) is 0 Å². The zero-order valence-electron chi connectivity index (χ0n) is 16.1. The lowest BCUT2D eigenvalue weighted by Gasteiger charge is -2.26. The van der Waals surface area contributed by atoms with Crippen molar-refractivity contribution in [2.75, 3.05) is 44.0 Å². The van der Waals surface area contributed by atoms with Crippen molar-refractivity contribution in [2.24, 2.45) is 0 Å². The minimum atomic E-state index is -3.47. The first-order valence-corrected chi connectivity index (χ1v) is 10.5. The molecule has 3 aromatic heterocycles. The molecule has 0 spiro atoms. The maximum atomic E-state index is 12.2. The average molecular weight is 401 g/mol. The molecule has 1 fully saturated rings. The number of hydrogen-bond acceptors (Lipinski definition) is 7. The van der Waals surface area contributed by atoms with Gasteiger partial charge in [0.15, 0.2) is 0 Å². The van der Waals surface area contributed by atoms with E-state index >= 15 is 0 Å². The highest BCUT2D eigenvalue weighted by Crippen LogP contribution is 2.28. The molecule has 1 aliphatic rings. The average Bonchev–Trinajstić information content (AvgIpc) is 3.36. The van der Waals surface area contributed by atoms with Gasteiger partial charge in [-0.05, 0) is 24.6 Å². The minimum Gasteiger partial charge on any atom is -0.355 e. The Kier molecular flexibility index (Phi) is 4.68. The molecule has 1 atom stereocenters. The molecule has 1 unspecified atom stereocenters. The van der Waals surface area contributed by atoms with Crippen molar-refractivity contribution < 1.29 is 8.42 Å². The molecule has 9 nitrogen and oxygen atoms in total. The van der Waals surface area contributed by atoms with Crippen LogP contribution in [0.5, 0.6) is 0 Å². The van der Waals surface area contributed by atoms with Crippen LogP contribution in [-0.4, -0.2) is 72.9 Å². The lowest BCUT2D eigenvalue weighted by atomic mass is 10.2. The van der Waals surface area contributed by atoms with Crippen LogP contribution >= 0.6 is 0 Å². The van der Waals surface area contributed by atoms with Crippen LogP contribution in [0.3, 0.4) is 0 Å². The van der Waals surface area contributed by atoms with E-state index in [1.165, 1.54) is 24.6 Å². The number of rotatable bonds is 5. The lowest BCUT2D eigenvalue weighted by molar-refractivity contribution is 0.520. The van der Waals surface area contributed by atoms with E-state index < -0.39 is 10.0 Å². The summed E-state index contributed by atoms with van der Waals surface area (Å²) >= 11 is 0. The Bertz CT molecular complexity index is 1080. The number of sulfonamides is 1. The third-order valence-corrected chi connectivity index (χ3v) is 7.00. The summed E-state index contributed by atoms with van der Waals surface area (Å²) in [5.41, 5.74) is 0.834. The highest BCUT2D eigenvalue weighted by molar-refractivity contribution is 7.89. The number of nitrogens with zero attached hydrogens (tertiary/aromatic N) is 6. The van der Waals surface area contributed by atoms with Crippen LogP contribution in [0.4, 0.5) is 11.6 Å². The molecule has 0 radical (unpaired) electrons. The van der Waals surface area contributed by atoms with E-state index in [-0.39, 0.29) is 10.9 Å². The topological polar surface area (TPSA) is 98.3 Å². The van der Waals surface area contributed by atoms with Gasteiger partial charge >= 0.3 is 0 Å². The van der Waals surface area contributed by atoms with Crippen molar-refractivity contribution in [3.8, 4) is 0 Å².